The Kier molecular flexibility index (Phi) is 9.73. The summed E-state index contributed by atoms with van der Waals surface area (Å²) in [5.74, 6) is 0. The second-order valence-corrected chi connectivity index (χ2v) is 3.15. The van der Waals surface area contributed by atoms with Crippen LogP contribution in [0.1, 0.15) is 32.2 Å². The molecule has 92 valence electrons. The summed E-state index contributed by atoms with van der Waals surface area (Å²) in [4.78, 5) is 8.08. The van der Waals surface area contributed by atoms with E-state index < -0.39 is 0 Å². The molecule has 2 rings (SSSR count). The monoisotopic (exact) mass is 230 g/mol. The Morgan fingerprint density at radius 3 is 1.71 bits per heavy atom. The Hall–Kier alpha value is -1.70. The smallest absolute Gasteiger partial charge is 0.0400 e. The van der Waals surface area contributed by atoms with E-state index >= 15 is 0 Å². The van der Waals surface area contributed by atoms with E-state index in [0.29, 0.717) is 0 Å². The standard InChI is InChI=1S/C7H9N.C6H7N.C2H6/c1-2-7-5-3-4-6-8-7;1-6-4-2-3-5-7-6;1-2/h3-6H,2H2,1H3;2-5H,1H3;1-2H3. The van der Waals surface area contributed by atoms with Crippen LogP contribution in [0.15, 0.2) is 48.8 Å². The molecule has 0 radical (unpaired) electrons. The fraction of sp³-hybridized carbons (Fsp3) is 0.333. The Bertz CT molecular complexity index is 357. The zero-order chi connectivity index (χ0) is 12.9. The van der Waals surface area contributed by atoms with Gasteiger partial charge in [0.2, 0.25) is 0 Å². The minimum atomic E-state index is 1.03. The zero-order valence-corrected chi connectivity index (χ0v) is 11.2. The van der Waals surface area contributed by atoms with Crippen molar-refractivity contribution in [3.05, 3.63) is 60.2 Å². The first-order chi connectivity index (χ1) is 8.33. The zero-order valence-electron chi connectivity index (χ0n) is 11.2. The van der Waals surface area contributed by atoms with Crippen LogP contribution in [0.3, 0.4) is 0 Å². The van der Waals surface area contributed by atoms with Crippen LogP contribution in [-0.4, -0.2) is 9.97 Å². The summed E-state index contributed by atoms with van der Waals surface area (Å²) in [6.45, 7) is 8.07. The van der Waals surface area contributed by atoms with E-state index in [2.05, 4.69) is 16.9 Å². The summed E-state index contributed by atoms with van der Waals surface area (Å²) in [5.41, 5.74) is 2.23. The van der Waals surface area contributed by atoms with Gasteiger partial charge in [0.25, 0.3) is 0 Å². The minimum Gasteiger partial charge on any atom is -0.262 e. The van der Waals surface area contributed by atoms with Crippen molar-refractivity contribution < 1.29 is 0 Å². The SMILES string of the molecule is CC.CCc1ccccn1.Cc1ccccn1. The predicted octanol–water partition coefficient (Wildman–Crippen LogP) is 4.06. The molecule has 2 aromatic rings. The minimum absolute atomic E-state index is 1.03. The summed E-state index contributed by atoms with van der Waals surface area (Å²) < 4.78 is 0. The van der Waals surface area contributed by atoms with Crippen molar-refractivity contribution in [3.8, 4) is 0 Å². The fourth-order valence-corrected chi connectivity index (χ4v) is 1.06. The number of aryl methyl sites for hydroxylation is 2. The van der Waals surface area contributed by atoms with Gasteiger partial charge < -0.3 is 0 Å². The highest BCUT2D eigenvalue weighted by atomic mass is 14.7. The van der Waals surface area contributed by atoms with Crippen molar-refractivity contribution in [1.29, 1.82) is 0 Å². The molecule has 0 saturated carbocycles. The van der Waals surface area contributed by atoms with Crippen LogP contribution in [0.25, 0.3) is 0 Å². The topological polar surface area (TPSA) is 25.8 Å². The Morgan fingerprint density at radius 1 is 0.882 bits per heavy atom. The van der Waals surface area contributed by atoms with Crippen LogP contribution in [-0.2, 0) is 6.42 Å². The van der Waals surface area contributed by atoms with Gasteiger partial charge in [-0.25, -0.2) is 0 Å². The van der Waals surface area contributed by atoms with Gasteiger partial charge >= 0.3 is 0 Å². The van der Waals surface area contributed by atoms with Gasteiger partial charge in [0.15, 0.2) is 0 Å². The normalized spacial score (nSPS) is 8.24. The first kappa shape index (κ1) is 15.3. The number of hydrogen-bond donors (Lipinski definition) is 0. The van der Waals surface area contributed by atoms with E-state index in [1.165, 1.54) is 0 Å². The third-order valence-electron chi connectivity index (χ3n) is 1.90. The number of pyridine rings is 2. The Balaban J connectivity index is 0.000000265. The average molecular weight is 230 g/mol. The van der Waals surface area contributed by atoms with Crippen molar-refractivity contribution in [2.45, 2.75) is 34.1 Å². The number of aromatic nitrogens is 2. The average Bonchev–Trinajstić information content (AvgIpc) is 2.43. The van der Waals surface area contributed by atoms with Gasteiger partial charge in [-0.3, -0.25) is 9.97 Å². The molecule has 0 atom stereocenters. The molecule has 0 aliphatic carbocycles. The van der Waals surface area contributed by atoms with E-state index in [1.807, 2.05) is 63.4 Å². The fourth-order valence-electron chi connectivity index (χ4n) is 1.06. The molecule has 0 aliphatic heterocycles. The lowest BCUT2D eigenvalue weighted by molar-refractivity contribution is 1.04. The molecule has 2 aromatic heterocycles. The summed E-state index contributed by atoms with van der Waals surface area (Å²) in [6.07, 6.45) is 4.63. The first-order valence-electron chi connectivity index (χ1n) is 6.10. The number of hydrogen-bond acceptors (Lipinski definition) is 2. The largest absolute Gasteiger partial charge is 0.262 e. The van der Waals surface area contributed by atoms with E-state index in [0.717, 1.165) is 17.8 Å². The van der Waals surface area contributed by atoms with Gasteiger partial charge in [-0.2, -0.15) is 0 Å². The lowest BCUT2D eigenvalue weighted by Gasteiger charge is -1.88. The van der Waals surface area contributed by atoms with Crippen molar-refractivity contribution in [1.82, 2.24) is 9.97 Å². The van der Waals surface area contributed by atoms with E-state index in [9.17, 15) is 0 Å². The molecule has 0 amide bonds. The molecule has 2 heteroatoms. The molecule has 2 nitrogen and oxygen atoms in total. The maximum Gasteiger partial charge on any atom is 0.0400 e. The van der Waals surface area contributed by atoms with Crippen LogP contribution in [0.5, 0.6) is 0 Å². The van der Waals surface area contributed by atoms with Crippen molar-refractivity contribution in [2.24, 2.45) is 0 Å². The first-order valence-corrected chi connectivity index (χ1v) is 6.10. The molecule has 0 aromatic carbocycles. The van der Waals surface area contributed by atoms with Gasteiger partial charge in [0.1, 0.15) is 0 Å². The number of rotatable bonds is 1. The van der Waals surface area contributed by atoms with Gasteiger partial charge in [0, 0.05) is 23.8 Å². The summed E-state index contributed by atoms with van der Waals surface area (Å²) in [5, 5.41) is 0. The maximum atomic E-state index is 4.10. The van der Waals surface area contributed by atoms with E-state index in [-0.39, 0.29) is 0 Å². The van der Waals surface area contributed by atoms with Crippen LogP contribution >= 0.6 is 0 Å². The second-order valence-electron chi connectivity index (χ2n) is 3.15. The predicted molar refractivity (Wildman–Crippen MR) is 73.9 cm³/mol. The third kappa shape index (κ3) is 8.14. The molecule has 0 N–H and O–H groups in total. The summed E-state index contributed by atoms with van der Waals surface area (Å²) in [6, 6.07) is 11.8. The molecule has 0 unspecified atom stereocenters. The maximum absolute atomic E-state index is 4.10. The Labute approximate surface area is 105 Å². The molecule has 2 heterocycles. The van der Waals surface area contributed by atoms with Crippen molar-refractivity contribution in [2.75, 3.05) is 0 Å². The highest BCUT2D eigenvalue weighted by molar-refractivity contribution is 5.02. The molecule has 0 fully saturated rings. The summed E-state index contributed by atoms with van der Waals surface area (Å²) in [7, 11) is 0. The molecule has 0 aliphatic rings. The molecule has 17 heavy (non-hydrogen) atoms. The van der Waals surface area contributed by atoms with Crippen LogP contribution in [0, 0.1) is 6.92 Å². The van der Waals surface area contributed by atoms with Crippen molar-refractivity contribution >= 4 is 0 Å². The molecular formula is C15H22N2. The highest BCUT2D eigenvalue weighted by Crippen LogP contribution is 1.91. The lowest BCUT2D eigenvalue weighted by atomic mass is 10.3. The van der Waals surface area contributed by atoms with Gasteiger partial charge in [-0.05, 0) is 37.6 Å². The molecule has 0 spiro atoms. The molecular weight excluding hydrogens is 208 g/mol. The van der Waals surface area contributed by atoms with Crippen LogP contribution in [0.4, 0.5) is 0 Å². The van der Waals surface area contributed by atoms with Gasteiger partial charge in [0.05, 0.1) is 0 Å². The van der Waals surface area contributed by atoms with Crippen molar-refractivity contribution in [3.63, 3.8) is 0 Å². The highest BCUT2D eigenvalue weighted by Gasteiger charge is 1.81. The van der Waals surface area contributed by atoms with Gasteiger partial charge in [-0.1, -0.05) is 32.9 Å². The van der Waals surface area contributed by atoms with Gasteiger partial charge in [-0.15, -0.1) is 0 Å². The number of nitrogens with zero attached hydrogens (tertiary/aromatic N) is 2. The molecule has 0 bridgehead atoms. The van der Waals surface area contributed by atoms with E-state index in [4.69, 9.17) is 0 Å². The third-order valence-corrected chi connectivity index (χ3v) is 1.90. The summed E-state index contributed by atoms with van der Waals surface area (Å²) >= 11 is 0. The van der Waals surface area contributed by atoms with E-state index in [1.54, 1.807) is 6.20 Å². The van der Waals surface area contributed by atoms with Crippen LogP contribution in [0.2, 0.25) is 0 Å². The Morgan fingerprint density at radius 2 is 1.47 bits per heavy atom. The molecule has 0 saturated heterocycles. The second kappa shape index (κ2) is 10.8. The lowest BCUT2D eigenvalue weighted by Crippen LogP contribution is -1.81. The quantitative estimate of drug-likeness (QED) is 0.738. The van der Waals surface area contributed by atoms with Crippen LogP contribution < -0.4 is 0 Å².